The Hall–Kier alpha value is -3.67. The predicted octanol–water partition coefficient (Wildman–Crippen LogP) is 17.8. The summed E-state index contributed by atoms with van der Waals surface area (Å²) in [6.07, 6.45) is 69.7. The number of carbonyl (C=O) groups excluding carboxylic acids is 3. The maximum atomic E-state index is 12.8. The van der Waals surface area contributed by atoms with Crippen molar-refractivity contribution in [1.82, 2.24) is 0 Å². The Kier molecular flexibility index (Phi) is 50.0. The van der Waals surface area contributed by atoms with Crippen molar-refractivity contribution in [1.29, 1.82) is 0 Å². The Balaban J connectivity index is 4.39. The first kappa shape index (κ1) is 61.3. The summed E-state index contributed by atoms with van der Waals surface area (Å²) in [5, 5.41) is 0. The molecule has 0 aromatic carbocycles. The minimum atomic E-state index is -0.798. The molecule has 1 atom stereocenters. The van der Waals surface area contributed by atoms with Gasteiger partial charge in [-0.2, -0.15) is 0 Å². The molecule has 6 heteroatoms. The summed E-state index contributed by atoms with van der Waals surface area (Å²) in [5.74, 6) is -0.954. The lowest BCUT2D eigenvalue weighted by Crippen LogP contribution is -2.30. The largest absolute Gasteiger partial charge is 0.462 e. The van der Waals surface area contributed by atoms with Gasteiger partial charge in [-0.3, -0.25) is 14.4 Å². The Morgan fingerprint density at radius 2 is 0.600 bits per heavy atom. The molecule has 1 unspecified atom stereocenters. The van der Waals surface area contributed by atoms with Crippen LogP contribution in [0.3, 0.4) is 0 Å². The van der Waals surface area contributed by atoms with Crippen LogP contribution in [0.2, 0.25) is 0 Å². The fourth-order valence-corrected chi connectivity index (χ4v) is 7.06. The van der Waals surface area contributed by atoms with Gasteiger partial charge in [0, 0.05) is 19.3 Å². The smallest absolute Gasteiger partial charge is 0.306 e. The van der Waals surface area contributed by atoms with Crippen molar-refractivity contribution in [3.63, 3.8) is 0 Å². The number of esters is 3. The molecule has 0 rings (SSSR count). The van der Waals surface area contributed by atoms with E-state index in [9.17, 15) is 14.4 Å². The van der Waals surface area contributed by atoms with Crippen molar-refractivity contribution >= 4 is 17.9 Å². The molecule has 65 heavy (non-hydrogen) atoms. The van der Waals surface area contributed by atoms with Gasteiger partial charge in [0.15, 0.2) is 6.10 Å². The molecular weight excluding hydrogens is 805 g/mol. The quantitative estimate of drug-likeness (QED) is 0.0262. The first-order chi connectivity index (χ1) is 32.0. The third-order valence-electron chi connectivity index (χ3n) is 11.1. The third-order valence-corrected chi connectivity index (χ3v) is 11.1. The van der Waals surface area contributed by atoms with Gasteiger partial charge in [0.05, 0.1) is 0 Å². The highest BCUT2D eigenvalue weighted by molar-refractivity contribution is 5.71. The molecule has 0 saturated carbocycles. The number of unbranched alkanes of at least 4 members (excludes halogenated alkanes) is 20. The molecule has 0 N–H and O–H groups in total. The summed E-state index contributed by atoms with van der Waals surface area (Å²) in [4.78, 5) is 37.9. The second-order valence-corrected chi connectivity index (χ2v) is 17.4. The fraction of sp³-hybridized carbons (Fsp3) is 0.678. The molecule has 0 saturated heterocycles. The van der Waals surface area contributed by atoms with Crippen LogP contribution in [0.4, 0.5) is 0 Å². The van der Waals surface area contributed by atoms with E-state index in [2.05, 4.69) is 118 Å². The lowest BCUT2D eigenvalue weighted by molar-refractivity contribution is -0.167. The van der Waals surface area contributed by atoms with Crippen LogP contribution >= 0.6 is 0 Å². The monoisotopic (exact) mass is 903 g/mol. The first-order valence-corrected chi connectivity index (χ1v) is 26.7. The van der Waals surface area contributed by atoms with E-state index in [1.165, 1.54) is 89.9 Å². The van der Waals surface area contributed by atoms with Crippen molar-refractivity contribution in [3.8, 4) is 0 Å². The minimum absolute atomic E-state index is 0.0947. The van der Waals surface area contributed by atoms with E-state index in [4.69, 9.17) is 14.2 Å². The summed E-state index contributed by atoms with van der Waals surface area (Å²) in [5.41, 5.74) is 0. The van der Waals surface area contributed by atoms with Crippen molar-refractivity contribution in [3.05, 3.63) is 97.2 Å². The maximum Gasteiger partial charge on any atom is 0.306 e. The van der Waals surface area contributed by atoms with E-state index >= 15 is 0 Å². The third kappa shape index (κ3) is 51.2. The SMILES string of the molecule is CC/C=C\C/C=C\C/C=C\C/C=C\C/C=C\C/C=C\CCCCC(=O)OCC(COC(=O)CCCCCCCCCC)OC(=O)CCCCCCCCC/C=C\C/C=C\CCCCCC. The maximum absolute atomic E-state index is 12.8. The topological polar surface area (TPSA) is 78.9 Å². The van der Waals surface area contributed by atoms with Crippen LogP contribution < -0.4 is 0 Å². The predicted molar refractivity (Wildman–Crippen MR) is 279 cm³/mol. The van der Waals surface area contributed by atoms with Crippen LogP contribution in [-0.4, -0.2) is 37.2 Å². The van der Waals surface area contributed by atoms with Crippen LogP contribution in [0.1, 0.15) is 239 Å². The second-order valence-electron chi connectivity index (χ2n) is 17.4. The van der Waals surface area contributed by atoms with Gasteiger partial charge in [0.25, 0.3) is 0 Å². The summed E-state index contributed by atoms with van der Waals surface area (Å²) in [7, 11) is 0. The molecule has 0 spiro atoms. The van der Waals surface area contributed by atoms with Crippen molar-refractivity contribution in [2.45, 2.75) is 245 Å². The molecule has 0 aliphatic carbocycles. The lowest BCUT2D eigenvalue weighted by atomic mass is 10.1. The fourth-order valence-electron chi connectivity index (χ4n) is 7.06. The van der Waals surface area contributed by atoms with Crippen LogP contribution in [-0.2, 0) is 28.6 Å². The zero-order valence-corrected chi connectivity index (χ0v) is 42.2. The van der Waals surface area contributed by atoms with Gasteiger partial charge < -0.3 is 14.2 Å². The van der Waals surface area contributed by atoms with Gasteiger partial charge >= 0.3 is 17.9 Å². The van der Waals surface area contributed by atoms with E-state index in [1.54, 1.807) is 0 Å². The number of allylic oxidation sites excluding steroid dienone is 16. The highest BCUT2D eigenvalue weighted by Crippen LogP contribution is 2.14. The molecule has 0 amide bonds. The van der Waals surface area contributed by atoms with E-state index in [1.807, 2.05) is 0 Å². The van der Waals surface area contributed by atoms with Gasteiger partial charge in [-0.05, 0) is 103 Å². The van der Waals surface area contributed by atoms with Crippen molar-refractivity contribution < 1.29 is 28.6 Å². The molecule has 6 nitrogen and oxygen atoms in total. The highest BCUT2D eigenvalue weighted by Gasteiger charge is 2.19. The van der Waals surface area contributed by atoms with Crippen molar-refractivity contribution in [2.24, 2.45) is 0 Å². The summed E-state index contributed by atoms with van der Waals surface area (Å²) < 4.78 is 16.7. The average molecular weight is 903 g/mol. The lowest BCUT2D eigenvalue weighted by Gasteiger charge is -2.18. The number of ether oxygens (including phenoxy) is 3. The first-order valence-electron chi connectivity index (χ1n) is 26.7. The van der Waals surface area contributed by atoms with Gasteiger partial charge in [-0.15, -0.1) is 0 Å². The van der Waals surface area contributed by atoms with Gasteiger partial charge in [0.2, 0.25) is 0 Å². The van der Waals surface area contributed by atoms with Crippen LogP contribution in [0.5, 0.6) is 0 Å². The van der Waals surface area contributed by atoms with Gasteiger partial charge in [-0.1, -0.05) is 214 Å². The molecule has 0 aliphatic heterocycles. The zero-order chi connectivity index (χ0) is 47.2. The highest BCUT2D eigenvalue weighted by atomic mass is 16.6. The molecule has 0 aromatic heterocycles. The number of rotatable bonds is 47. The molecule has 0 bridgehead atoms. The Morgan fingerprint density at radius 1 is 0.323 bits per heavy atom. The van der Waals surface area contributed by atoms with Crippen molar-refractivity contribution in [2.75, 3.05) is 13.2 Å². The second kappa shape index (κ2) is 52.9. The van der Waals surface area contributed by atoms with Crippen LogP contribution in [0.15, 0.2) is 97.2 Å². The zero-order valence-electron chi connectivity index (χ0n) is 42.2. The standard InChI is InChI=1S/C59H98O6/c1-4-7-10-13-16-19-21-23-25-27-29-30-31-33-34-36-38-40-43-46-49-52-58(61)64-55-56(54-63-57(60)51-48-45-42-18-15-12-9-6-3)65-59(62)53-50-47-44-41-39-37-35-32-28-26-24-22-20-17-14-11-8-5-2/h7,10,16,19-20,22-23,25-26,28-30,33-34,38,40,56H,4-6,8-9,11-15,17-18,21,24,27,31-32,35-37,39,41-55H2,1-3H3/b10-7-,19-16-,22-20-,25-23-,28-26-,30-29-,34-33-,40-38-. The Bertz CT molecular complexity index is 1310. The molecule has 0 aliphatic rings. The average Bonchev–Trinajstić information content (AvgIpc) is 3.30. The van der Waals surface area contributed by atoms with Crippen LogP contribution in [0, 0.1) is 0 Å². The van der Waals surface area contributed by atoms with E-state index < -0.39 is 6.10 Å². The normalized spacial score (nSPS) is 12.8. The molecule has 370 valence electrons. The Labute approximate surface area is 400 Å². The van der Waals surface area contributed by atoms with E-state index in [0.29, 0.717) is 19.3 Å². The van der Waals surface area contributed by atoms with Gasteiger partial charge in [-0.25, -0.2) is 0 Å². The number of carbonyl (C=O) groups is 3. The summed E-state index contributed by atoms with van der Waals surface area (Å²) in [6, 6.07) is 0. The minimum Gasteiger partial charge on any atom is -0.462 e. The summed E-state index contributed by atoms with van der Waals surface area (Å²) >= 11 is 0. The molecule has 0 radical (unpaired) electrons. The summed E-state index contributed by atoms with van der Waals surface area (Å²) in [6.45, 7) is 6.43. The Morgan fingerprint density at radius 3 is 0.985 bits per heavy atom. The van der Waals surface area contributed by atoms with Crippen LogP contribution in [0.25, 0.3) is 0 Å². The number of hydrogen-bond acceptors (Lipinski definition) is 6. The molecular formula is C59H98O6. The molecule has 0 fully saturated rings. The van der Waals surface area contributed by atoms with E-state index in [-0.39, 0.29) is 31.1 Å². The molecule has 0 aromatic rings. The molecule has 0 heterocycles. The van der Waals surface area contributed by atoms with Gasteiger partial charge in [0.1, 0.15) is 13.2 Å². The number of hydrogen-bond donors (Lipinski definition) is 0. The van der Waals surface area contributed by atoms with E-state index in [0.717, 1.165) is 109 Å².